The third kappa shape index (κ3) is 4.13. The highest BCUT2D eigenvalue weighted by atomic mass is 19.1. The lowest BCUT2D eigenvalue weighted by molar-refractivity contribution is -0.115. The summed E-state index contributed by atoms with van der Waals surface area (Å²) in [4.78, 5) is 32.8. The van der Waals surface area contributed by atoms with Gasteiger partial charge in [-0.15, -0.1) is 0 Å². The number of benzene rings is 2. The number of nitrogens with one attached hydrogen (secondary N) is 2. The van der Waals surface area contributed by atoms with E-state index in [0.29, 0.717) is 28.7 Å². The van der Waals surface area contributed by atoms with E-state index in [1.165, 1.54) is 34.8 Å². The molecule has 0 atom stereocenters. The van der Waals surface area contributed by atoms with Crippen molar-refractivity contribution >= 4 is 17.4 Å². The van der Waals surface area contributed by atoms with Gasteiger partial charge in [0, 0.05) is 11.8 Å². The maximum absolute atomic E-state index is 13.1. The molecule has 146 valence electrons. The summed E-state index contributed by atoms with van der Waals surface area (Å²) in [6, 6.07) is 13.8. The molecule has 4 rings (SSSR count). The molecule has 1 amide bonds. The van der Waals surface area contributed by atoms with E-state index in [-0.39, 0.29) is 29.5 Å². The molecule has 0 fully saturated rings. The topological polar surface area (TPSA) is 101 Å². The van der Waals surface area contributed by atoms with E-state index in [1.54, 1.807) is 31.2 Å². The lowest BCUT2D eigenvalue weighted by atomic mass is 10.2. The maximum Gasteiger partial charge on any atom is 0.274 e. The Labute approximate surface area is 164 Å². The standard InChI is InChI=1S/C20H16FN5O3/c1-12-10-19(28)26-20(22-12)24-17(25-26)11-18(27)23-15-4-2-3-5-16(15)29-14-8-6-13(21)7-9-14/h2-10H,11H2,1H3,(H,23,27)(H,22,24,25). The van der Waals surface area contributed by atoms with Crippen molar-refractivity contribution in [2.24, 2.45) is 0 Å². The number of hydrogen-bond acceptors (Lipinski definition) is 5. The van der Waals surface area contributed by atoms with E-state index >= 15 is 0 Å². The second kappa shape index (κ2) is 7.55. The summed E-state index contributed by atoms with van der Waals surface area (Å²) in [6.45, 7) is 1.69. The van der Waals surface area contributed by atoms with Crippen LogP contribution in [0.2, 0.25) is 0 Å². The number of amides is 1. The fraction of sp³-hybridized carbons (Fsp3) is 0.100. The van der Waals surface area contributed by atoms with Gasteiger partial charge >= 0.3 is 0 Å². The first-order chi connectivity index (χ1) is 14.0. The van der Waals surface area contributed by atoms with Crippen molar-refractivity contribution < 1.29 is 13.9 Å². The van der Waals surface area contributed by atoms with E-state index < -0.39 is 0 Å². The molecule has 0 radical (unpaired) electrons. The van der Waals surface area contributed by atoms with Gasteiger partial charge in [0.25, 0.3) is 11.3 Å². The number of ether oxygens (including phenoxy) is 1. The van der Waals surface area contributed by atoms with Gasteiger partial charge in [-0.1, -0.05) is 12.1 Å². The normalized spacial score (nSPS) is 10.8. The van der Waals surface area contributed by atoms with Gasteiger partial charge in [-0.2, -0.15) is 9.50 Å². The molecule has 9 heteroatoms. The van der Waals surface area contributed by atoms with Crippen molar-refractivity contribution in [2.75, 3.05) is 5.32 Å². The first kappa shape index (κ1) is 18.4. The number of anilines is 1. The average Bonchev–Trinajstić information content (AvgIpc) is 3.07. The summed E-state index contributed by atoms with van der Waals surface area (Å²) in [7, 11) is 0. The number of H-pyrrole nitrogens is 1. The molecule has 2 aromatic carbocycles. The van der Waals surface area contributed by atoms with Gasteiger partial charge in [0.15, 0.2) is 5.75 Å². The predicted molar refractivity (Wildman–Crippen MR) is 104 cm³/mol. The second-order valence-electron chi connectivity index (χ2n) is 6.32. The fourth-order valence-corrected chi connectivity index (χ4v) is 2.75. The van der Waals surface area contributed by atoms with Gasteiger partial charge < -0.3 is 10.1 Å². The van der Waals surface area contributed by atoms with Crippen LogP contribution in [-0.4, -0.2) is 25.5 Å². The number of para-hydroxylation sites is 2. The first-order valence-corrected chi connectivity index (χ1v) is 8.75. The van der Waals surface area contributed by atoms with Crippen LogP contribution in [-0.2, 0) is 11.2 Å². The summed E-state index contributed by atoms with van der Waals surface area (Å²) < 4.78 is 20.0. The number of nitrogens with zero attached hydrogens (tertiary/aromatic N) is 3. The third-order valence-corrected chi connectivity index (χ3v) is 4.04. The van der Waals surface area contributed by atoms with Crippen molar-refractivity contribution in [3.63, 3.8) is 0 Å². The van der Waals surface area contributed by atoms with Gasteiger partial charge in [0.05, 0.1) is 12.1 Å². The van der Waals surface area contributed by atoms with Crippen LogP contribution in [0.25, 0.3) is 5.78 Å². The molecule has 0 unspecified atom stereocenters. The molecule has 0 aliphatic heterocycles. The van der Waals surface area contributed by atoms with E-state index in [1.807, 2.05) is 0 Å². The lowest BCUT2D eigenvalue weighted by Crippen LogP contribution is -2.17. The zero-order chi connectivity index (χ0) is 20.4. The molecule has 4 aromatic rings. The highest BCUT2D eigenvalue weighted by Crippen LogP contribution is 2.29. The first-order valence-electron chi connectivity index (χ1n) is 8.75. The molecule has 2 aromatic heterocycles. The second-order valence-corrected chi connectivity index (χ2v) is 6.32. The Kier molecular flexibility index (Phi) is 4.78. The minimum Gasteiger partial charge on any atom is -0.455 e. The van der Waals surface area contributed by atoms with Crippen LogP contribution < -0.4 is 15.6 Å². The number of aryl methyl sites for hydroxylation is 1. The highest BCUT2D eigenvalue weighted by molar-refractivity contribution is 5.93. The Hall–Kier alpha value is -4.01. The molecule has 0 aliphatic carbocycles. The third-order valence-electron chi connectivity index (χ3n) is 4.04. The molecule has 29 heavy (non-hydrogen) atoms. The predicted octanol–water partition coefficient (Wildman–Crippen LogP) is 2.84. The number of fused-ring (bicyclic) bond motifs is 1. The van der Waals surface area contributed by atoms with E-state index in [0.717, 1.165) is 0 Å². The van der Waals surface area contributed by atoms with Gasteiger partial charge in [-0.05, 0) is 43.3 Å². The molecule has 0 saturated heterocycles. The molecule has 0 bridgehead atoms. The van der Waals surface area contributed by atoms with Crippen LogP contribution in [0.3, 0.4) is 0 Å². The largest absolute Gasteiger partial charge is 0.455 e. The minimum atomic E-state index is -0.367. The quantitative estimate of drug-likeness (QED) is 0.543. The van der Waals surface area contributed by atoms with Gasteiger partial charge in [-0.3, -0.25) is 14.7 Å². The van der Waals surface area contributed by atoms with Crippen LogP contribution in [0.4, 0.5) is 10.1 Å². The summed E-state index contributed by atoms with van der Waals surface area (Å²) >= 11 is 0. The Morgan fingerprint density at radius 1 is 1.17 bits per heavy atom. The summed E-state index contributed by atoms with van der Waals surface area (Å²) in [5.74, 6) is 0.627. The van der Waals surface area contributed by atoms with Crippen molar-refractivity contribution in [3.05, 3.63) is 82.3 Å². The van der Waals surface area contributed by atoms with Crippen LogP contribution in [0, 0.1) is 12.7 Å². The molecule has 0 spiro atoms. The Morgan fingerprint density at radius 3 is 2.72 bits per heavy atom. The molecule has 2 N–H and O–H groups in total. The van der Waals surface area contributed by atoms with Crippen LogP contribution >= 0.6 is 0 Å². The lowest BCUT2D eigenvalue weighted by Gasteiger charge is -2.12. The van der Waals surface area contributed by atoms with Crippen molar-refractivity contribution in [3.8, 4) is 11.5 Å². The zero-order valence-electron chi connectivity index (χ0n) is 15.3. The number of aromatic nitrogens is 4. The summed E-state index contributed by atoms with van der Waals surface area (Å²) in [6.07, 6.45) is -0.0905. The van der Waals surface area contributed by atoms with Gasteiger partial charge in [0.1, 0.15) is 17.4 Å². The average molecular weight is 393 g/mol. The highest BCUT2D eigenvalue weighted by Gasteiger charge is 2.13. The van der Waals surface area contributed by atoms with Crippen LogP contribution in [0.15, 0.2) is 59.4 Å². The van der Waals surface area contributed by atoms with Crippen LogP contribution in [0.5, 0.6) is 11.5 Å². The Bertz CT molecular complexity index is 1250. The van der Waals surface area contributed by atoms with E-state index in [4.69, 9.17) is 4.74 Å². The van der Waals surface area contributed by atoms with Crippen molar-refractivity contribution in [1.29, 1.82) is 0 Å². The van der Waals surface area contributed by atoms with Gasteiger partial charge in [0.2, 0.25) is 5.91 Å². The number of rotatable bonds is 5. The van der Waals surface area contributed by atoms with Crippen molar-refractivity contribution in [2.45, 2.75) is 13.3 Å². The number of hydrogen-bond donors (Lipinski definition) is 2. The zero-order valence-corrected chi connectivity index (χ0v) is 15.3. The molecule has 0 saturated carbocycles. The van der Waals surface area contributed by atoms with Crippen LogP contribution in [0.1, 0.15) is 11.5 Å². The number of halogens is 1. The van der Waals surface area contributed by atoms with E-state index in [9.17, 15) is 14.0 Å². The SMILES string of the molecule is Cc1cc(=O)n2[nH]c(CC(=O)Nc3ccccc3Oc3ccc(F)cc3)nc2n1. The molecular weight excluding hydrogens is 377 g/mol. The minimum absolute atomic E-state index is 0.0905. The number of carbonyl (C=O) groups excluding carboxylic acids is 1. The maximum atomic E-state index is 13.1. The summed E-state index contributed by atoms with van der Waals surface area (Å²) in [5.41, 5.74) is 0.693. The molecular formula is C20H16FN5O3. The van der Waals surface area contributed by atoms with Gasteiger partial charge in [-0.25, -0.2) is 9.37 Å². The summed E-state index contributed by atoms with van der Waals surface area (Å²) in [5, 5.41) is 5.53. The Morgan fingerprint density at radius 2 is 1.93 bits per heavy atom. The number of carbonyl (C=O) groups is 1. The molecule has 8 nitrogen and oxygen atoms in total. The number of aromatic amines is 1. The van der Waals surface area contributed by atoms with Crippen molar-refractivity contribution in [1.82, 2.24) is 19.6 Å². The fourth-order valence-electron chi connectivity index (χ4n) is 2.75. The molecule has 2 heterocycles. The monoisotopic (exact) mass is 393 g/mol. The van der Waals surface area contributed by atoms with E-state index in [2.05, 4.69) is 20.4 Å². The molecule has 0 aliphatic rings. The Balaban J connectivity index is 1.51. The smallest absolute Gasteiger partial charge is 0.274 e.